The highest BCUT2D eigenvalue weighted by atomic mass is 16.1. The van der Waals surface area contributed by atoms with Crippen molar-refractivity contribution in [2.45, 2.75) is 33.6 Å². The van der Waals surface area contributed by atoms with Crippen LogP contribution in [0.5, 0.6) is 0 Å². The van der Waals surface area contributed by atoms with Gasteiger partial charge in [0.15, 0.2) is 0 Å². The Balaban J connectivity index is 0.000000921. The Kier molecular flexibility index (Phi) is 7.06. The maximum Gasteiger partial charge on any atom is 0.223 e. The Morgan fingerprint density at radius 3 is 2.67 bits per heavy atom. The molecular formula is C12H20N2O. The van der Waals surface area contributed by atoms with Gasteiger partial charge in [-0.25, -0.2) is 0 Å². The van der Waals surface area contributed by atoms with Crippen LogP contribution in [-0.4, -0.2) is 10.9 Å². The summed E-state index contributed by atoms with van der Waals surface area (Å²) in [6.45, 7) is 6.07. The van der Waals surface area contributed by atoms with Crippen molar-refractivity contribution in [1.82, 2.24) is 4.98 Å². The lowest BCUT2D eigenvalue weighted by Gasteiger charge is -1.90. The highest BCUT2D eigenvalue weighted by molar-refractivity contribution is 5.76. The summed E-state index contributed by atoms with van der Waals surface area (Å²) in [6.07, 6.45) is 5.33. The van der Waals surface area contributed by atoms with Crippen LogP contribution < -0.4 is 5.73 Å². The number of primary amides is 1. The van der Waals surface area contributed by atoms with Crippen molar-refractivity contribution in [2.75, 3.05) is 0 Å². The lowest BCUT2D eigenvalue weighted by molar-refractivity contribution is -0.117. The molecule has 0 spiro atoms. The lowest BCUT2D eigenvalue weighted by atomic mass is 10.3. The van der Waals surface area contributed by atoms with Gasteiger partial charge >= 0.3 is 0 Å². The normalized spacial score (nSPS) is 9.80. The first-order chi connectivity index (χ1) is 7.22. The summed E-state index contributed by atoms with van der Waals surface area (Å²) in [5, 5.41) is 0. The molecule has 1 aromatic heterocycles. The molecule has 3 N–H and O–H groups in total. The predicted molar refractivity (Wildman–Crippen MR) is 64.4 cm³/mol. The number of amides is 1. The van der Waals surface area contributed by atoms with Gasteiger partial charge in [0.25, 0.3) is 0 Å². The summed E-state index contributed by atoms with van der Waals surface area (Å²) in [4.78, 5) is 13.7. The van der Waals surface area contributed by atoms with E-state index in [-0.39, 0.29) is 12.3 Å². The third-order valence-electron chi connectivity index (χ3n) is 1.67. The van der Waals surface area contributed by atoms with Crippen molar-refractivity contribution in [2.24, 2.45) is 5.73 Å². The molecule has 0 saturated heterocycles. The molecule has 0 radical (unpaired) electrons. The summed E-state index contributed by atoms with van der Waals surface area (Å²) < 4.78 is 0. The number of aromatic amines is 1. The van der Waals surface area contributed by atoms with Gasteiger partial charge < -0.3 is 10.7 Å². The average Bonchev–Trinajstić information content (AvgIpc) is 2.65. The van der Waals surface area contributed by atoms with Gasteiger partial charge in [-0.2, -0.15) is 0 Å². The minimum absolute atomic E-state index is 0.278. The first-order valence-electron chi connectivity index (χ1n) is 5.35. The topological polar surface area (TPSA) is 58.9 Å². The van der Waals surface area contributed by atoms with Crippen LogP contribution in [0.4, 0.5) is 0 Å². The molecule has 1 amide bonds. The van der Waals surface area contributed by atoms with E-state index in [1.165, 1.54) is 0 Å². The molecule has 1 heterocycles. The lowest BCUT2D eigenvalue weighted by Crippen LogP contribution is -2.13. The van der Waals surface area contributed by atoms with E-state index in [4.69, 9.17) is 5.73 Å². The monoisotopic (exact) mass is 208 g/mol. The molecule has 0 fully saturated rings. The molecule has 0 aliphatic heterocycles. The van der Waals surface area contributed by atoms with Gasteiger partial charge in [0.1, 0.15) is 0 Å². The van der Waals surface area contributed by atoms with Crippen molar-refractivity contribution >= 4 is 12.0 Å². The molecule has 3 heteroatoms. The van der Waals surface area contributed by atoms with E-state index in [9.17, 15) is 4.79 Å². The van der Waals surface area contributed by atoms with Crippen LogP contribution in [0.1, 0.15) is 38.6 Å². The molecule has 0 aliphatic carbocycles. The number of nitrogens with one attached hydrogen (secondary N) is 1. The number of rotatable bonds is 4. The second-order valence-corrected chi connectivity index (χ2v) is 2.89. The number of nitrogens with two attached hydrogens (primary N) is 1. The SMILES string of the molecule is CC.CC/C=C\c1ccc(CC(N)=O)[nH]1. The fourth-order valence-corrected chi connectivity index (χ4v) is 1.09. The maximum atomic E-state index is 10.6. The quantitative estimate of drug-likeness (QED) is 0.784. The molecule has 1 rings (SSSR count). The molecule has 0 saturated carbocycles. The summed E-state index contributed by atoms with van der Waals surface area (Å²) >= 11 is 0. The number of carbonyl (C=O) groups is 1. The summed E-state index contributed by atoms with van der Waals surface area (Å²) in [5.74, 6) is -0.312. The Bertz CT molecular complexity index is 313. The van der Waals surface area contributed by atoms with Crippen LogP contribution in [0.25, 0.3) is 6.08 Å². The first kappa shape index (κ1) is 13.5. The Morgan fingerprint density at radius 1 is 1.47 bits per heavy atom. The van der Waals surface area contributed by atoms with Gasteiger partial charge in [-0.1, -0.05) is 26.8 Å². The first-order valence-corrected chi connectivity index (χ1v) is 5.35. The highest BCUT2D eigenvalue weighted by Gasteiger charge is 1.99. The standard InChI is InChI=1S/C10H14N2O.C2H6/c1-2-3-4-8-5-6-9(12-8)7-10(11)13;1-2/h3-6,12H,2,7H2,1H3,(H2,11,13);1-2H3/b4-3-;. The summed E-state index contributed by atoms with van der Waals surface area (Å²) in [7, 11) is 0. The van der Waals surface area contributed by atoms with Crippen LogP contribution in [0, 0.1) is 0 Å². The fourth-order valence-electron chi connectivity index (χ4n) is 1.09. The Morgan fingerprint density at radius 2 is 2.13 bits per heavy atom. The van der Waals surface area contributed by atoms with E-state index >= 15 is 0 Å². The van der Waals surface area contributed by atoms with Crippen LogP contribution in [0.15, 0.2) is 18.2 Å². The van der Waals surface area contributed by atoms with E-state index in [2.05, 4.69) is 18.0 Å². The highest BCUT2D eigenvalue weighted by Crippen LogP contribution is 2.04. The third kappa shape index (κ3) is 5.73. The molecule has 0 bridgehead atoms. The third-order valence-corrected chi connectivity index (χ3v) is 1.67. The van der Waals surface area contributed by atoms with Gasteiger partial charge in [-0.15, -0.1) is 0 Å². The average molecular weight is 208 g/mol. The Labute approximate surface area is 91.4 Å². The van der Waals surface area contributed by atoms with E-state index < -0.39 is 0 Å². The molecule has 84 valence electrons. The van der Waals surface area contributed by atoms with Gasteiger partial charge in [0.05, 0.1) is 6.42 Å². The van der Waals surface area contributed by atoms with Crippen LogP contribution in [0.2, 0.25) is 0 Å². The van der Waals surface area contributed by atoms with Gasteiger partial charge in [0, 0.05) is 11.4 Å². The molecule has 3 nitrogen and oxygen atoms in total. The van der Waals surface area contributed by atoms with Crippen molar-refractivity contribution in [1.29, 1.82) is 0 Å². The molecule has 0 aromatic carbocycles. The molecule has 1 aromatic rings. The van der Waals surface area contributed by atoms with Gasteiger partial charge in [0.2, 0.25) is 5.91 Å². The largest absolute Gasteiger partial charge is 0.369 e. The second-order valence-electron chi connectivity index (χ2n) is 2.89. The number of H-pyrrole nitrogens is 1. The zero-order valence-electron chi connectivity index (χ0n) is 9.71. The molecule has 0 unspecified atom stereocenters. The molecule has 0 atom stereocenters. The number of carbonyl (C=O) groups excluding carboxylic acids is 1. The number of hydrogen-bond donors (Lipinski definition) is 2. The van der Waals surface area contributed by atoms with Crippen molar-refractivity contribution in [3.63, 3.8) is 0 Å². The van der Waals surface area contributed by atoms with E-state index in [1.807, 2.05) is 32.1 Å². The van der Waals surface area contributed by atoms with Crippen molar-refractivity contribution < 1.29 is 4.79 Å². The zero-order valence-corrected chi connectivity index (χ0v) is 9.71. The van der Waals surface area contributed by atoms with Crippen LogP contribution >= 0.6 is 0 Å². The van der Waals surface area contributed by atoms with E-state index in [0.29, 0.717) is 0 Å². The number of hydrogen-bond acceptors (Lipinski definition) is 1. The van der Waals surface area contributed by atoms with Gasteiger partial charge in [-0.05, 0) is 24.6 Å². The molecule has 0 aliphatic rings. The number of allylic oxidation sites excluding steroid dienone is 1. The van der Waals surface area contributed by atoms with Gasteiger partial charge in [-0.3, -0.25) is 4.79 Å². The molecule has 15 heavy (non-hydrogen) atoms. The van der Waals surface area contributed by atoms with Crippen molar-refractivity contribution in [3.8, 4) is 0 Å². The fraction of sp³-hybridized carbons (Fsp3) is 0.417. The predicted octanol–water partition coefficient (Wildman–Crippen LogP) is 2.49. The molecular weight excluding hydrogens is 188 g/mol. The summed E-state index contributed by atoms with van der Waals surface area (Å²) in [6, 6.07) is 3.81. The smallest absolute Gasteiger partial charge is 0.223 e. The van der Waals surface area contributed by atoms with Crippen molar-refractivity contribution in [3.05, 3.63) is 29.6 Å². The Hall–Kier alpha value is -1.51. The second kappa shape index (κ2) is 7.85. The van der Waals surface area contributed by atoms with Crippen LogP contribution in [-0.2, 0) is 11.2 Å². The minimum atomic E-state index is -0.312. The zero-order chi connectivity index (χ0) is 11.7. The summed E-state index contributed by atoms with van der Waals surface area (Å²) in [5.41, 5.74) is 6.93. The van der Waals surface area contributed by atoms with Crippen LogP contribution in [0.3, 0.4) is 0 Å². The van der Waals surface area contributed by atoms with E-state index in [1.54, 1.807) is 0 Å². The van der Waals surface area contributed by atoms with E-state index in [0.717, 1.165) is 17.8 Å². The maximum absolute atomic E-state index is 10.6. The minimum Gasteiger partial charge on any atom is -0.369 e. The number of aromatic nitrogens is 1.